The highest BCUT2D eigenvalue weighted by Gasteiger charge is 2.32. The fourth-order valence-electron chi connectivity index (χ4n) is 1.99. The van der Waals surface area contributed by atoms with Crippen LogP contribution in [0.4, 0.5) is 19.0 Å². The van der Waals surface area contributed by atoms with E-state index < -0.39 is 17.8 Å². The number of hydrogen-bond donors (Lipinski definition) is 2. The fourth-order valence-corrected chi connectivity index (χ4v) is 1.99. The van der Waals surface area contributed by atoms with Crippen molar-refractivity contribution in [3.63, 3.8) is 0 Å². The van der Waals surface area contributed by atoms with Crippen LogP contribution in [0.3, 0.4) is 0 Å². The van der Waals surface area contributed by atoms with Gasteiger partial charge in [-0.25, -0.2) is 19.9 Å². The zero-order chi connectivity index (χ0) is 18.7. The predicted octanol–water partition coefficient (Wildman–Crippen LogP) is 2.06. The molecular formula is C15H11F3N6O2. The summed E-state index contributed by atoms with van der Waals surface area (Å²) in [6.45, 7) is -0.317. The third-order valence-corrected chi connectivity index (χ3v) is 3.21. The molecule has 0 saturated heterocycles. The summed E-state index contributed by atoms with van der Waals surface area (Å²) in [5.41, 5.74) is 4.61. The standard InChI is InChI=1S/C15H11F3N6O2/c16-15(17,18)10-3-4-20-11(23-10)7-22-14(25)8-6-21-13(24-12(8)19)9-2-1-5-26-9/h1-6H,7H2,(H,22,25)(H2,19,21,24). The number of aromatic nitrogens is 4. The Labute approximate surface area is 144 Å². The number of halogens is 3. The van der Waals surface area contributed by atoms with E-state index in [0.717, 1.165) is 12.3 Å². The molecule has 26 heavy (non-hydrogen) atoms. The molecule has 3 aromatic rings. The summed E-state index contributed by atoms with van der Waals surface area (Å²) in [5.74, 6) is -0.394. The number of hydrogen-bond acceptors (Lipinski definition) is 7. The smallest absolute Gasteiger partial charge is 0.433 e. The largest absolute Gasteiger partial charge is 0.461 e. The van der Waals surface area contributed by atoms with Crippen LogP contribution in [0.2, 0.25) is 0 Å². The van der Waals surface area contributed by atoms with Gasteiger partial charge in [-0.2, -0.15) is 13.2 Å². The molecule has 3 heterocycles. The first-order valence-corrected chi connectivity index (χ1v) is 7.18. The quantitative estimate of drug-likeness (QED) is 0.727. The van der Waals surface area contributed by atoms with Gasteiger partial charge in [0.15, 0.2) is 11.6 Å². The lowest BCUT2D eigenvalue weighted by Crippen LogP contribution is -2.26. The molecule has 0 spiro atoms. The number of nitrogens with one attached hydrogen (secondary N) is 1. The maximum atomic E-state index is 12.6. The zero-order valence-corrected chi connectivity index (χ0v) is 13.0. The molecule has 3 rings (SSSR count). The van der Waals surface area contributed by atoms with E-state index in [4.69, 9.17) is 10.2 Å². The van der Waals surface area contributed by atoms with Gasteiger partial charge in [0.2, 0.25) is 0 Å². The molecule has 0 aliphatic rings. The van der Waals surface area contributed by atoms with Crippen LogP contribution in [-0.2, 0) is 12.7 Å². The molecular weight excluding hydrogens is 353 g/mol. The molecule has 0 unspecified atom stereocenters. The molecule has 0 aromatic carbocycles. The number of furan rings is 1. The summed E-state index contributed by atoms with van der Waals surface area (Å²) in [7, 11) is 0. The number of nitrogens with zero attached hydrogens (tertiary/aromatic N) is 4. The predicted molar refractivity (Wildman–Crippen MR) is 82.4 cm³/mol. The van der Waals surface area contributed by atoms with Crippen LogP contribution in [-0.4, -0.2) is 25.8 Å². The normalized spacial score (nSPS) is 11.3. The van der Waals surface area contributed by atoms with Gasteiger partial charge < -0.3 is 15.5 Å². The summed E-state index contributed by atoms with van der Waals surface area (Å²) in [5, 5.41) is 2.37. The van der Waals surface area contributed by atoms with Crippen LogP contribution < -0.4 is 11.1 Å². The molecule has 0 aliphatic heterocycles. The van der Waals surface area contributed by atoms with Crippen molar-refractivity contribution >= 4 is 11.7 Å². The number of nitrogens with two attached hydrogens (primary N) is 1. The highest BCUT2D eigenvalue weighted by atomic mass is 19.4. The molecule has 8 nitrogen and oxygen atoms in total. The lowest BCUT2D eigenvalue weighted by molar-refractivity contribution is -0.141. The summed E-state index contributed by atoms with van der Waals surface area (Å²) in [6, 6.07) is 4.01. The van der Waals surface area contributed by atoms with Crippen molar-refractivity contribution in [1.82, 2.24) is 25.3 Å². The van der Waals surface area contributed by atoms with Gasteiger partial charge in [0.25, 0.3) is 5.91 Å². The van der Waals surface area contributed by atoms with Gasteiger partial charge >= 0.3 is 6.18 Å². The first-order chi connectivity index (χ1) is 12.3. The van der Waals surface area contributed by atoms with Crippen molar-refractivity contribution in [2.45, 2.75) is 12.7 Å². The second-order valence-electron chi connectivity index (χ2n) is 5.01. The Kier molecular flexibility index (Phi) is 4.52. The first kappa shape index (κ1) is 17.3. The second kappa shape index (κ2) is 6.78. The van der Waals surface area contributed by atoms with Crippen molar-refractivity contribution in [3.8, 4) is 11.6 Å². The lowest BCUT2D eigenvalue weighted by atomic mass is 10.2. The minimum absolute atomic E-state index is 0.0349. The van der Waals surface area contributed by atoms with Crippen molar-refractivity contribution in [2.75, 3.05) is 5.73 Å². The number of carbonyl (C=O) groups excluding carboxylic acids is 1. The van der Waals surface area contributed by atoms with Gasteiger partial charge in [-0.3, -0.25) is 4.79 Å². The van der Waals surface area contributed by atoms with E-state index in [1.54, 1.807) is 12.1 Å². The maximum Gasteiger partial charge on any atom is 0.433 e. The Morgan fingerprint density at radius 3 is 2.69 bits per heavy atom. The van der Waals surface area contributed by atoms with Crippen LogP contribution in [0.5, 0.6) is 0 Å². The van der Waals surface area contributed by atoms with E-state index in [9.17, 15) is 18.0 Å². The summed E-state index contributed by atoms with van der Waals surface area (Å²) in [6.07, 6.45) is -0.998. The molecule has 3 N–H and O–H groups in total. The van der Waals surface area contributed by atoms with Gasteiger partial charge in [0, 0.05) is 12.4 Å². The number of nitrogen functional groups attached to an aromatic ring is 1. The van der Waals surface area contributed by atoms with Gasteiger partial charge in [-0.15, -0.1) is 0 Å². The molecule has 0 aliphatic carbocycles. The van der Waals surface area contributed by atoms with E-state index in [1.165, 1.54) is 12.5 Å². The van der Waals surface area contributed by atoms with Crippen LogP contribution in [0, 0.1) is 0 Å². The summed E-state index contributed by atoms with van der Waals surface area (Å²) >= 11 is 0. The third-order valence-electron chi connectivity index (χ3n) is 3.21. The summed E-state index contributed by atoms with van der Waals surface area (Å²) < 4.78 is 43.0. The highest BCUT2D eigenvalue weighted by molar-refractivity contribution is 5.98. The lowest BCUT2D eigenvalue weighted by Gasteiger charge is -2.09. The minimum Gasteiger partial charge on any atom is -0.461 e. The average Bonchev–Trinajstić information content (AvgIpc) is 3.14. The SMILES string of the molecule is Nc1nc(-c2ccco2)ncc1C(=O)NCc1nccc(C(F)(F)F)n1. The Morgan fingerprint density at radius 1 is 1.23 bits per heavy atom. The molecule has 0 bridgehead atoms. The fraction of sp³-hybridized carbons (Fsp3) is 0.133. The van der Waals surface area contributed by atoms with E-state index >= 15 is 0 Å². The third kappa shape index (κ3) is 3.77. The molecule has 134 valence electrons. The molecule has 0 fully saturated rings. The molecule has 11 heteroatoms. The van der Waals surface area contributed by atoms with Crippen LogP contribution in [0.25, 0.3) is 11.6 Å². The Bertz CT molecular complexity index is 927. The number of alkyl halides is 3. The average molecular weight is 364 g/mol. The van der Waals surface area contributed by atoms with Gasteiger partial charge in [0.05, 0.1) is 18.4 Å². The zero-order valence-electron chi connectivity index (χ0n) is 13.0. The second-order valence-corrected chi connectivity index (χ2v) is 5.01. The minimum atomic E-state index is -4.60. The molecule has 1 amide bonds. The first-order valence-electron chi connectivity index (χ1n) is 7.18. The van der Waals surface area contributed by atoms with Crippen LogP contribution >= 0.6 is 0 Å². The van der Waals surface area contributed by atoms with Gasteiger partial charge in [-0.05, 0) is 18.2 Å². The highest BCUT2D eigenvalue weighted by Crippen LogP contribution is 2.26. The topological polar surface area (TPSA) is 120 Å². The van der Waals surface area contributed by atoms with Crippen molar-refractivity contribution in [1.29, 1.82) is 0 Å². The molecule has 0 radical (unpaired) electrons. The number of rotatable bonds is 4. The van der Waals surface area contributed by atoms with E-state index in [-0.39, 0.29) is 29.6 Å². The summed E-state index contributed by atoms with van der Waals surface area (Å²) in [4.78, 5) is 27.1. The van der Waals surface area contributed by atoms with E-state index in [2.05, 4.69) is 25.3 Å². The van der Waals surface area contributed by atoms with Gasteiger partial charge in [0.1, 0.15) is 17.3 Å². The van der Waals surface area contributed by atoms with E-state index in [0.29, 0.717) is 5.76 Å². The Balaban J connectivity index is 1.71. The number of carbonyl (C=O) groups is 1. The number of amides is 1. The number of anilines is 1. The Morgan fingerprint density at radius 2 is 2.04 bits per heavy atom. The Hall–Kier alpha value is -3.50. The van der Waals surface area contributed by atoms with Crippen LogP contribution in [0.1, 0.15) is 21.9 Å². The van der Waals surface area contributed by atoms with Crippen LogP contribution in [0.15, 0.2) is 41.3 Å². The molecule has 0 saturated carbocycles. The molecule has 3 aromatic heterocycles. The monoisotopic (exact) mass is 364 g/mol. The van der Waals surface area contributed by atoms with Crippen molar-refractivity contribution in [2.24, 2.45) is 0 Å². The maximum absolute atomic E-state index is 12.6. The van der Waals surface area contributed by atoms with E-state index in [1.807, 2.05) is 0 Å². The molecule has 0 atom stereocenters. The van der Waals surface area contributed by atoms with Crippen molar-refractivity contribution in [3.05, 3.63) is 53.9 Å². The van der Waals surface area contributed by atoms with Crippen molar-refractivity contribution < 1.29 is 22.4 Å². The van der Waals surface area contributed by atoms with Gasteiger partial charge in [-0.1, -0.05) is 0 Å².